The minimum Gasteiger partial charge on any atom is -0.317 e. The van der Waals surface area contributed by atoms with Crippen LogP contribution in [0.2, 0.25) is 5.02 Å². The maximum atomic E-state index is 13.6. The van der Waals surface area contributed by atoms with Crippen molar-refractivity contribution in [3.05, 3.63) is 63.1 Å². The number of benzene rings is 2. The molecule has 0 fully saturated rings. The van der Waals surface area contributed by atoms with Gasteiger partial charge >= 0.3 is 0 Å². The molecule has 0 aliphatic carbocycles. The lowest BCUT2D eigenvalue weighted by molar-refractivity contribution is 0.102. The molecule has 2 aromatic carbocycles. The molecule has 0 bridgehead atoms. The van der Waals surface area contributed by atoms with Gasteiger partial charge in [-0.05, 0) is 30.3 Å². The lowest BCUT2D eigenvalue weighted by Crippen LogP contribution is -2.14. The topological polar surface area (TPSA) is 29.1 Å². The average Bonchev–Trinajstić information content (AvgIpc) is 2.33. The van der Waals surface area contributed by atoms with Crippen LogP contribution >= 0.6 is 27.5 Å². The van der Waals surface area contributed by atoms with Crippen LogP contribution in [0.4, 0.5) is 14.5 Å². The first-order valence-corrected chi connectivity index (χ1v) is 6.36. The molecule has 0 atom stereocenters. The van der Waals surface area contributed by atoms with Crippen LogP contribution in [0.1, 0.15) is 10.4 Å². The number of carbonyl (C=O) groups is 1. The number of halogens is 4. The van der Waals surface area contributed by atoms with E-state index < -0.39 is 23.2 Å². The first-order chi connectivity index (χ1) is 8.97. The molecule has 0 heterocycles. The fourth-order valence-electron chi connectivity index (χ4n) is 1.48. The van der Waals surface area contributed by atoms with Crippen molar-refractivity contribution in [1.82, 2.24) is 0 Å². The van der Waals surface area contributed by atoms with Gasteiger partial charge in [-0.25, -0.2) is 8.78 Å². The van der Waals surface area contributed by atoms with E-state index in [2.05, 4.69) is 21.2 Å². The van der Waals surface area contributed by atoms with E-state index in [0.717, 1.165) is 12.1 Å². The maximum absolute atomic E-state index is 13.6. The maximum Gasteiger partial charge on any atom is 0.255 e. The molecule has 0 saturated heterocycles. The van der Waals surface area contributed by atoms with Crippen LogP contribution in [-0.4, -0.2) is 5.91 Å². The molecule has 0 saturated carbocycles. The number of rotatable bonds is 2. The van der Waals surface area contributed by atoms with Gasteiger partial charge in [0.05, 0.1) is 0 Å². The molecule has 0 radical (unpaired) electrons. The van der Waals surface area contributed by atoms with E-state index in [0.29, 0.717) is 5.02 Å². The summed E-state index contributed by atoms with van der Waals surface area (Å²) in [5.74, 6) is -2.35. The summed E-state index contributed by atoms with van der Waals surface area (Å²) < 4.78 is 27.4. The highest BCUT2D eigenvalue weighted by Crippen LogP contribution is 2.24. The van der Waals surface area contributed by atoms with Crippen LogP contribution in [-0.2, 0) is 0 Å². The van der Waals surface area contributed by atoms with Crippen LogP contribution in [0.25, 0.3) is 0 Å². The summed E-state index contributed by atoms with van der Waals surface area (Å²) in [4.78, 5) is 11.8. The zero-order valence-electron chi connectivity index (χ0n) is 9.38. The lowest BCUT2D eigenvalue weighted by atomic mass is 10.2. The SMILES string of the molecule is O=C(Nc1c(F)cc(Br)cc1F)c1cccc(Cl)c1. The monoisotopic (exact) mass is 345 g/mol. The predicted molar refractivity (Wildman–Crippen MR) is 73.5 cm³/mol. The predicted octanol–water partition coefficient (Wildman–Crippen LogP) is 4.63. The second kappa shape index (κ2) is 5.67. The minimum absolute atomic E-state index is 0.217. The molecule has 1 N–H and O–H groups in total. The van der Waals surface area contributed by atoms with Gasteiger partial charge in [0.25, 0.3) is 5.91 Å². The molecule has 0 aliphatic rings. The first-order valence-electron chi connectivity index (χ1n) is 5.19. The summed E-state index contributed by atoms with van der Waals surface area (Å²) in [7, 11) is 0. The Balaban J connectivity index is 2.29. The summed E-state index contributed by atoms with van der Waals surface area (Å²) in [5, 5.41) is 2.55. The fourth-order valence-corrected chi connectivity index (χ4v) is 2.07. The summed E-state index contributed by atoms with van der Waals surface area (Å²) in [6.45, 7) is 0. The minimum atomic E-state index is -0.859. The van der Waals surface area contributed by atoms with E-state index in [1.165, 1.54) is 12.1 Å². The first kappa shape index (κ1) is 14.0. The summed E-state index contributed by atoms with van der Waals surface area (Å²) in [6, 6.07) is 8.21. The molecule has 0 spiro atoms. The van der Waals surface area contributed by atoms with Gasteiger partial charge in [0.15, 0.2) is 11.6 Å². The van der Waals surface area contributed by atoms with E-state index in [9.17, 15) is 13.6 Å². The van der Waals surface area contributed by atoms with Crippen LogP contribution in [0.5, 0.6) is 0 Å². The second-order valence-corrected chi connectivity index (χ2v) is 5.06. The molecule has 19 heavy (non-hydrogen) atoms. The molecule has 1 amide bonds. The third-order valence-electron chi connectivity index (χ3n) is 2.33. The van der Waals surface area contributed by atoms with Crippen LogP contribution in [0.15, 0.2) is 40.9 Å². The second-order valence-electron chi connectivity index (χ2n) is 3.71. The van der Waals surface area contributed by atoms with Crippen LogP contribution in [0.3, 0.4) is 0 Å². The van der Waals surface area contributed by atoms with E-state index in [4.69, 9.17) is 11.6 Å². The molecule has 2 aromatic rings. The number of carbonyl (C=O) groups excluding carboxylic acids is 1. The van der Waals surface area contributed by atoms with Crippen molar-refractivity contribution in [3.63, 3.8) is 0 Å². The Labute approximate surface area is 121 Å². The van der Waals surface area contributed by atoms with Crippen molar-refractivity contribution >= 4 is 39.1 Å². The number of nitrogens with one attached hydrogen (secondary N) is 1. The van der Waals surface area contributed by atoms with E-state index in [-0.39, 0.29) is 10.0 Å². The standard InChI is InChI=1S/C13H7BrClF2NO/c14-8-5-10(16)12(11(17)6-8)18-13(19)7-2-1-3-9(15)4-7/h1-6H,(H,18,19). The zero-order chi connectivity index (χ0) is 14.0. The van der Waals surface area contributed by atoms with Crippen molar-refractivity contribution < 1.29 is 13.6 Å². The fraction of sp³-hybridized carbons (Fsp3) is 0. The quantitative estimate of drug-likeness (QED) is 0.844. The highest BCUT2D eigenvalue weighted by molar-refractivity contribution is 9.10. The van der Waals surface area contributed by atoms with Crippen molar-refractivity contribution in [1.29, 1.82) is 0 Å². The highest BCUT2D eigenvalue weighted by Gasteiger charge is 2.14. The van der Waals surface area contributed by atoms with Gasteiger partial charge in [0.2, 0.25) is 0 Å². The average molecular weight is 347 g/mol. The van der Waals surface area contributed by atoms with Gasteiger partial charge < -0.3 is 5.32 Å². The molecule has 0 aromatic heterocycles. The van der Waals surface area contributed by atoms with Crippen molar-refractivity contribution in [2.45, 2.75) is 0 Å². The number of hydrogen-bond donors (Lipinski definition) is 1. The van der Waals surface area contributed by atoms with Gasteiger partial charge in [-0.15, -0.1) is 0 Å². The largest absolute Gasteiger partial charge is 0.317 e. The molecular formula is C13H7BrClF2NO. The molecule has 0 aliphatic heterocycles. The molecule has 6 heteroatoms. The molecule has 98 valence electrons. The van der Waals surface area contributed by atoms with E-state index in [1.54, 1.807) is 12.1 Å². The molecular weight excluding hydrogens is 340 g/mol. The smallest absolute Gasteiger partial charge is 0.255 e. The number of hydrogen-bond acceptors (Lipinski definition) is 1. The molecule has 2 rings (SSSR count). The summed E-state index contributed by atoms with van der Waals surface area (Å²) >= 11 is 8.70. The van der Waals surface area contributed by atoms with E-state index >= 15 is 0 Å². The van der Waals surface area contributed by atoms with E-state index in [1.807, 2.05) is 0 Å². The molecule has 0 unspecified atom stereocenters. The normalized spacial score (nSPS) is 10.3. The Morgan fingerprint density at radius 3 is 2.37 bits per heavy atom. The Morgan fingerprint density at radius 2 is 1.79 bits per heavy atom. The Morgan fingerprint density at radius 1 is 1.16 bits per heavy atom. The van der Waals surface area contributed by atoms with Gasteiger partial charge in [-0.2, -0.15) is 0 Å². The third kappa shape index (κ3) is 3.30. The van der Waals surface area contributed by atoms with Crippen molar-refractivity contribution in [2.75, 3.05) is 5.32 Å². The number of amides is 1. The molecule has 2 nitrogen and oxygen atoms in total. The summed E-state index contributed by atoms with van der Waals surface area (Å²) in [6.07, 6.45) is 0. The van der Waals surface area contributed by atoms with Gasteiger partial charge in [0, 0.05) is 15.1 Å². The van der Waals surface area contributed by atoms with Gasteiger partial charge in [-0.3, -0.25) is 4.79 Å². The Kier molecular flexibility index (Phi) is 4.17. The zero-order valence-corrected chi connectivity index (χ0v) is 11.7. The van der Waals surface area contributed by atoms with Crippen LogP contribution in [0, 0.1) is 11.6 Å². The Hall–Kier alpha value is -1.46. The van der Waals surface area contributed by atoms with Crippen molar-refractivity contribution in [2.24, 2.45) is 0 Å². The third-order valence-corrected chi connectivity index (χ3v) is 3.03. The highest BCUT2D eigenvalue weighted by atomic mass is 79.9. The Bertz CT molecular complexity index is 625. The number of anilines is 1. The summed E-state index contributed by atoms with van der Waals surface area (Å²) in [5.41, 5.74) is -0.276. The van der Waals surface area contributed by atoms with Gasteiger partial charge in [0.1, 0.15) is 5.69 Å². The van der Waals surface area contributed by atoms with Crippen molar-refractivity contribution in [3.8, 4) is 0 Å². The van der Waals surface area contributed by atoms with Crippen LogP contribution < -0.4 is 5.32 Å². The van der Waals surface area contributed by atoms with Gasteiger partial charge in [-0.1, -0.05) is 33.6 Å². The lowest BCUT2D eigenvalue weighted by Gasteiger charge is -2.08.